The normalized spacial score (nSPS) is 18.4. The smallest absolute Gasteiger partial charge is 0.261 e. The molecule has 152 valence electrons. The highest BCUT2D eigenvalue weighted by atomic mass is 35.5. The van der Waals surface area contributed by atoms with Crippen LogP contribution < -0.4 is 10.8 Å². The number of carbonyl (C=O) groups is 1. The molecule has 1 amide bonds. The van der Waals surface area contributed by atoms with Crippen molar-refractivity contribution >= 4 is 52.1 Å². The number of amides is 1. The van der Waals surface area contributed by atoms with Gasteiger partial charge in [-0.2, -0.15) is 0 Å². The third kappa shape index (κ3) is 4.45. The molecule has 1 aromatic carbocycles. The summed E-state index contributed by atoms with van der Waals surface area (Å²) in [5, 5.41) is 2.88. The van der Waals surface area contributed by atoms with Gasteiger partial charge in [0.05, 0.1) is 28.0 Å². The fourth-order valence-corrected chi connectivity index (χ4v) is 4.85. The second kappa shape index (κ2) is 8.79. The SMILES string of the molecule is CSc1cc(C2=NCCN2C)ccc1C1=CC(CNC(=O)c2ccc(Cl)s2)ON1. The molecule has 0 saturated carbocycles. The molecule has 1 atom stereocenters. The number of halogens is 1. The maximum atomic E-state index is 12.2. The predicted octanol–water partition coefficient (Wildman–Crippen LogP) is 3.49. The van der Waals surface area contributed by atoms with Crippen molar-refractivity contribution in [3.05, 3.63) is 56.7 Å². The summed E-state index contributed by atoms with van der Waals surface area (Å²) in [5.41, 5.74) is 6.10. The molecule has 2 aliphatic heterocycles. The summed E-state index contributed by atoms with van der Waals surface area (Å²) < 4.78 is 0.596. The standard InChI is InChI=1S/C20H21ClN4O2S2/c1-25-8-7-22-19(25)12-3-4-14(17(9-12)28-2)15-10-13(27-24-15)11-23-20(26)16-5-6-18(21)29-16/h3-6,9-10,13,24H,7-8,11H2,1-2H3,(H,23,26). The summed E-state index contributed by atoms with van der Waals surface area (Å²) in [6.07, 6.45) is 3.81. The lowest BCUT2D eigenvalue weighted by molar-refractivity contribution is 0.0499. The largest absolute Gasteiger partial charge is 0.358 e. The van der Waals surface area contributed by atoms with E-state index in [2.05, 4.69) is 52.2 Å². The highest BCUT2D eigenvalue weighted by Gasteiger charge is 2.22. The Morgan fingerprint density at radius 1 is 1.45 bits per heavy atom. The molecule has 2 N–H and O–H groups in total. The molecule has 0 radical (unpaired) electrons. The molecule has 0 fully saturated rings. The van der Waals surface area contributed by atoms with E-state index in [-0.39, 0.29) is 12.0 Å². The van der Waals surface area contributed by atoms with Gasteiger partial charge in [0.2, 0.25) is 0 Å². The van der Waals surface area contributed by atoms with E-state index in [1.165, 1.54) is 11.3 Å². The summed E-state index contributed by atoms with van der Waals surface area (Å²) in [5.74, 6) is 0.883. The Labute approximate surface area is 182 Å². The number of nitrogens with zero attached hydrogens (tertiary/aromatic N) is 2. The Balaban J connectivity index is 1.45. The minimum Gasteiger partial charge on any atom is -0.358 e. The number of amidine groups is 1. The van der Waals surface area contributed by atoms with E-state index in [4.69, 9.17) is 16.4 Å². The highest BCUT2D eigenvalue weighted by molar-refractivity contribution is 7.98. The van der Waals surface area contributed by atoms with Crippen LogP contribution in [0.1, 0.15) is 20.8 Å². The van der Waals surface area contributed by atoms with Crippen LogP contribution in [0.5, 0.6) is 0 Å². The minimum absolute atomic E-state index is 0.150. The van der Waals surface area contributed by atoms with Crippen LogP contribution in [0.3, 0.4) is 0 Å². The van der Waals surface area contributed by atoms with Gasteiger partial charge in [0.15, 0.2) is 0 Å². The van der Waals surface area contributed by atoms with Crippen LogP contribution in [-0.2, 0) is 4.84 Å². The molecule has 9 heteroatoms. The lowest BCUT2D eigenvalue weighted by Gasteiger charge is -2.16. The lowest BCUT2D eigenvalue weighted by Crippen LogP contribution is -2.31. The Morgan fingerprint density at radius 3 is 3.00 bits per heavy atom. The molecular formula is C20H21ClN4O2S2. The quantitative estimate of drug-likeness (QED) is 0.662. The van der Waals surface area contributed by atoms with Gasteiger partial charge < -0.3 is 10.2 Å². The molecule has 1 aromatic heterocycles. The van der Waals surface area contributed by atoms with Crippen molar-refractivity contribution in [2.75, 3.05) is 32.9 Å². The van der Waals surface area contributed by atoms with Crippen LogP contribution in [-0.4, -0.2) is 55.7 Å². The highest BCUT2D eigenvalue weighted by Crippen LogP contribution is 2.30. The average Bonchev–Trinajstić information content (AvgIpc) is 3.47. The number of hydrogen-bond donors (Lipinski definition) is 2. The van der Waals surface area contributed by atoms with Crippen molar-refractivity contribution in [2.45, 2.75) is 11.0 Å². The first-order valence-corrected chi connectivity index (χ1v) is 11.6. The molecule has 2 aromatic rings. The van der Waals surface area contributed by atoms with Crippen LogP contribution in [0.15, 0.2) is 46.3 Å². The average molecular weight is 449 g/mol. The summed E-state index contributed by atoms with van der Waals surface area (Å²) in [4.78, 5) is 26.3. The van der Waals surface area contributed by atoms with E-state index in [0.717, 1.165) is 40.6 Å². The summed E-state index contributed by atoms with van der Waals surface area (Å²) in [7, 11) is 2.07. The second-order valence-electron chi connectivity index (χ2n) is 6.69. The number of thiophene rings is 1. The fraction of sp³-hybridized carbons (Fsp3) is 0.300. The summed E-state index contributed by atoms with van der Waals surface area (Å²) in [6.45, 7) is 2.17. The first kappa shape index (κ1) is 20.3. The van der Waals surface area contributed by atoms with E-state index in [1.54, 1.807) is 23.9 Å². The number of carbonyl (C=O) groups excluding carboxylic acids is 1. The van der Waals surface area contributed by atoms with Crippen LogP contribution in [0.4, 0.5) is 0 Å². The molecule has 0 saturated heterocycles. The molecule has 3 heterocycles. The van der Waals surface area contributed by atoms with Gasteiger partial charge in [-0.25, -0.2) is 0 Å². The Morgan fingerprint density at radius 2 is 2.31 bits per heavy atom. The first-order chi connectivity index (χ1) is 14.0. The lowest BCUT2D eigenvalue weighted by atomic mass is 10.1. The molecule has 0 spiro atoms. The zero-order chi connectivity index (χ0) is 20.4. The third-order valence-corrected chi connectivity index (χ3v) is 6.75. The topological polar surface area (TPSA) is 66.0 Å². The number of likely N-dealkylation sites (N-methyl/N-ethyl adjacent to an activating group) is 1. The van der Waals surface area contributed by atoms with Gasteiger partial charge >= 0.3 is 0 Å². The Hall–Kier alpha value is -2.00. The molecule has 2 aliphatic rings. The molecular weight excluding hydrogens is 428 g/mol. The van der Waals surface area contributed by atoms with Gasteiger partial charge in [-0.1, -0.05) is 23.7 Å². The number of nitrogens with one attached hydrogen (secondary N) is 2. The maximum Gasteiger partial charge on any atom is 0.261 e. The number of rotatable bonds is 6. The van der Waals surface area contributed by atoms with Crippen molar-refractivity contribution < 1.29 is 9.63 Å². The van der Waals surface area contributed by atoms with Gasteiger partial charge in [-0.05, 0) is 30.5 Å². The van der Waals surface area contributed by atoms with Gasteiger partial charge in [0, 0.05) is 29.6 Å². The molecule has 4 rings (SSSR count). The number of thioether (sulfide) groups is 1. The van der Waals surface area contributed by atoms with E-state index in [0.29, 0.717) is 15.8 Å². The van der Waals surface area contributed by atoms with Gasteiger partial charge in [-0.15, -0.1) is 23.1 Å². The van der Waals surface area contributed by atoms with Crippen molar-refractivity contribution in [3.8, 4) is 0 Å². The molecule has 0 aliphatic carbocycles. The molecule has 1 unspecified atom stereocenters. The van der Waals surface area contributed by atoms with E-state index in [1.807, 2.05) is 6.08 Å². The van der Waals surface area contributed by atoms with Crippen molar-refractivity contribution in [1.29, 1.82) is 0 Å². The minimum atomic E-state index is -0.246. The Bertz CT molecular complexity index is 989. The van der Waals surface area contributed by atoms with E-state index >= 15 is 0 Å². The second-order valence-corrected chi connectivity index (χ2v) is 9.26. The number of hydrogen-bond acceptors (Lipinski definition) is 7. The number of aliphatic imine (C=N–C) groups is 1. The van der Waals surface area contributed by atoms with Crippen molar-refractivity contribution in [3.63, 3.8) is 0 Å². The monoisotopic (exact) mass is 448 g/mol. The van der Waals surface area contributed by atoms with Crippen LogP contribution in [0.2, 0.25) is 4.34 Å². The summed E-state index contributed by atoms with van der Waals surface area (Å²) >= 11 is 8.83. The van der Waals surface area contributed by atoms with Gasteiger partial charge in [0.25, 0.3) is 5.91 Å². The zero-order valence-corrected chi connectivity index (χ0v) is 18.5. The molecule has 6 nitrogen and oxygen atoms in total. The maximum absolute atomic E-state index is 12.2. The van der Waals surface area contributed by atoms with Crippen molar-refractivity contribution in [2.24, 2.45) is 4.99 Å². The van der Waals surface area contributed by atoms with Gasteiger partial charge in [-0.3, -0.25) is 20.1 Å². The number of hydroxylamine groups is 1. The van der Waals surface area contributed by atoms with Gasteiger partial charge in [0.1, 0.15) is 11.9 Å². The van der Waals surface area contributed by atoms with E-state index in [9.17, 15) is 4.79 Å². The summed E-state index contributed by atoms with van der Waals surface area (Å²) in [6, 6.07) is 9.78. The fourth-order valence-electron chi connectivity index (χ4n) is 3.25. The van der Waals surface area contributed by atoms with Crippen LogP contribution >= 0.6 is 34.7 Å². The van der Waals surface area contributed by atoms with Crippen molar-refractivity contribution in [1.82, 2.24) is 15.7 Å². The Kier molecular flexibility index (Phi) is 6.15. The number of benzene rings is 1. The third-order valence-electron chi connectivity index (χ3n) is 4.74. The van der Waals surface area contributed by atoms with Crippen LogP contribution in [0.25, 0.3) is 5.70 Å². The van der Waals surface area contributed by atoms with E-state index < -0.39 is 0 Å². The molecule has 29 heavy (non-hydrogen) atoms. The first-order valence-electron chi connectivity index (χ1n) is 9.16. The zero-order valence-electron chi connectivity index (χ0n) is 16.1. The van der Waals surface area contributed by atoms with Crippen LogP contribution in [0, 0.1) is 0 Å². The molecule has 0 bridgehead atoms. The predicted molar refractivity (Wildman–Crippen MR) is 120 cm³/mol.